The molecule has 6 heteroatoms. The van der Waals surface area contributed by atoms with Crippen LogP contribution in [0.2, 0.25) is 0 Å². The first-order chi connectivity index (χ1) is 14.7. The Bertz CT molecular complexity index is 1240. The number of nitriles is 1. The number of aromatic nitrogens is 2. The Kier molecular flexibility index (Phi) is 4.91. The average Bonchev–Trinajstić information content (AvgIpc) is 3.41. The first-order valence-electron chi connectivity index (χ1n) is 10.1. The molecule has 30 heavy (non-hydrogen) atoms. The lowest BCUT2D eigenvalue weighted by molar-refractivity contribution is 0.251. The summed E-state index contributed by atoms with van der Waals surface area (Å²) in [7, 11) is 0. The number of likely N-dealkylation sites (tertiary alicyclic amines) is 1. The number of hydrogen-bond donors (Lipinski definition) is 1. The van der Waals surface area contributed by atoms with E-state index in [1.54, 1.807) is 23.5 Å². The van der Waals surface area contributed by atoms with Gasteiger partial charge in [0, 0.05) is 23.0 Å². The second-order valence-electron chi connectivity index (χ2n) is 7.60. The van der Waals surface area contributed by atoms with Gasteiger partial charge in [-0.25, -0.2) is 9.97 Å². The third kappa shape index (κ3) is 3.54. The molecule has 2 N–H and O–H groups in total. The van der Waals surface area contributed by atoms with Crippen molar-refractivity contribution < 1.29 is 0 Å². The molecule has 1 atom stereocenters. The maximum atomic E-state index is 9.16. The Balaban J connectivity index is 1.45. The standard InChI is InChI=1S/C24H21N5S/c25-14-16-6-4-9-18(12-16)23-27-22(26)20-13-19(30-24(20)28-23)15-29-11-5-10-21(29)17-7-2-1-3-8-17/h1-4,6-9,12-13,21H,5,10-11,15H2,(H2,26,27,28). The van der Waals surface area contributed by atoms with Crippen molar-refractivity contribution in [2.75, 3.05) is 12.3 Å². The molecule has 1 saturated heterocycles. The first-order valence-corrected chi connectivity index (χ1v) is 10.9. The van der Waals surface area contributed by atoms with E-state index in [0.717, 1.165) is 28.9 Å². The molecule has 3 heterocycles. The number of fused-ring (bicyclic) bond motifs is 1. The van der Waals surface area contributed by atoms with Crippen molar-refractivity contribution >= 4 is 27.4 Å². The van der Waals surface area contributed by atoms with Gasteiger partial charge in [0.1, 0.15) is 10.6 Å². The fourth-order valence-corrected chi connectivity index (χ4v) is 5.26. The van der Waals surface area contributed by atoms with E-state index >= 15 is 0 Å². The van der Waals surface area contributed by atoms with Crippen LogP contribution in [0.15, 0.2) is 60.7 Å². The van der Waals surface area contributed by atoms with Crippen molar-refractivity contribution in [3.8, 4) is 17.5 Å². The van der Waals surface area contributed by atoms with Crippen molar-refractivity contribution in [3.63, 3.8) is 0 Å². The second kappa shape index (κ2) is 7.86. The minimum absolute atomic E-state index is 0.462. The van der Waals surface area contributed by atoms with Gasteiger partial charge in [-0.2, -0.15) is 5.26 Å². The summed E-state index contributed by atoms with van der Waals surface area (Å²) in [5.41, 5.74) is 9.06. The van der Waals surface area contributed by atoms with Gasteiger partial charge in [-0.1, -0.05) is 42.5 Å². The van der Waals surface area contributed by atoms with Crippen LogP contribution in [0.25, 0.3) is 21.6 Å². The van der Waals surface area contributed by atoms with E-state index in [2.05, 4.69) is 52.4 Å². The van der Waals surface area contributed by atoms with Gasteiger partial charge in [0.2, 0.25) is 0 Å². The molecule has 148 valence electrons. The molecular weight excluding hydrogens is 390 g/mol. The van der Waals surface area contributed by atoms with Crippen LogP contribution in [-0.2, 0) is 6.54 Å². The zero-order valence-corrected chi connectivity index (χ0v) is 17.3. The lowest BCUT2D eigenvalue weighted by Gasteiger charge is -2.24. The highest BCUT2D eigenvalue weighted by molar-refractivity contribution is 7.18. The van der Waals surface area contributed by atoms with Crippen molar-refractivity contribution in [1.82, 2.24) is 14.9 Å². The normalized spacial score (nSPS) is 16.7. The molecule has 1 fully saturated rings. The lowest BCUT2D eigenvalue weighted by Crippen LogP contribution is -2.22. The fraction of sp³-hybridized carbons (Fsp3) is 0.208. The molecule has 5 rings (SSSR count). The highest BCUT2D eigenvalue weighted by atomic mass is 32.1. The number of nitrogens with two attached hydrogens (primary N) is 1. The Hall–Kier alpha value is -3.27. The minimum atomic E-state index is 0.462. The van der Waals surface area contributed by atoms with Crippen LogP contribution in [0.5, 0.6) is 0 Å². The molecule has 2 aromatic carbocycles. The van der Waals surface area contributed by atoms with Crippen LogP contribution in [0, 0.1) is 11.3 Å². The maximum absolute atomic E-state index is 9.16. The Morgan fingerprint density at radius 3 is 2.80 bits per heavy atom. The second-order valence-corrected chi connectivity index (χ2v) is 8.71. The summed E-state index contributed by atoms with van der Waals surface area (Å²) in [6, 6.07) is 22.8. The van der Waals surface area contributed by atoms with Crippen LogP contribution in [0.1, 0.15) is 34.9 Å². The number of thiophene rings is 1. The average molecular weight is 412 g/mol. The van der Waals surface area contributed by atoms with Crippen molar-refractivity contribution in [1.29, 1.82) is 5.26 Å². The van der Waals surface area contributed by atoms with Crippen molar-refractivity contribution in [2.45, 2.75) is 25.4 Å². The van der Waals surface area contributed by atoms with E-state index in [1.165, 1.54) is 23.3 Å². The van der Waals surface area contributed by atoms with E-state index in [0.29, 0.717) is 23.2 Å². The molecule has 2 aromatic heterocycles. The quantitative estimate of drug-likeness (QED) is 0.502. The number of rotatable bonds is 4. The molecule has 4 aromatic rings. The minimum Gasteiger partial charge on any atom is -0.383 e. The fourth-order valence-electron chi connectivity index (χ4n) is 4.20. The van der Waals surface area contributed by atoms with Gasteiger partial charge < -0.3 is 5.73 Å². The summed E-state index contributed by atoms with van der Waals surface area (Å²) in [5.74, 6) is 1.05. The summed E-state index contributed by atoms with van der Waals surface area (Å²) in [5, 5.41) is 10.1. The number of nitrogens with zero attached hydrogens (tertiary/aromatic N) is 4. The first kappa shape index (κ1) is 18.7. The number of benzene rings is 2. The van der Waals surface area contributed by atoms with Crippen LogP contribution in [-0.4, -0.2) is 21.4 Å². The number of hydrogen-bond acceptors (Lipinski definition) is 6. The Labute approximate surface area is 179 Å². The van der Waals surface area contributed by atoms with E-state index in [-0.39, 0.29) is 0 Å². The molecule has 0 radical (unpaired) electrons. The van der Waals surface area contributed by atoms with E-state index < -0.39 is 0 Å². The monoisotopic (exact) mass is 411 g/mol. The van der Waals surface area contributed by atoms with Gasteiger partial charge in [0.25, 0.3) is 0 Å². The summed E-state index contributed by atoms with van der Waals surface area (Å²) in [4.78, 5) is 13.9. The Morgan fingerprint density at radius 1 is 1.10 bits per heavy atom. The summed E-state index contributed by atoms with van der Waals surface area (Å²) < 4.78 is 0. The number of nitrogen functional groups attached to an aromatic ring is 1. The maximum Gasteiger partial charge on any atom is 0.163 e. The highest BCUT2D eigenvalue weighted by Gasteiger charge is 2.26. The van der Waals surface area contributed by atoms with E-state index in [9.17, 15) is 0 Å². The van der Waals surface area contributed by atoms with E-state index in [1.807, 2.05) is 12.1 Å². The highest BCUT2D eigenvalue weighted by Crippen LogP contribution is 2.36. The lowest BCUT2D eigenvalue weighted by atomic mass is 10.0. The van der Waals surface area contributed by atoms with Crippen LogP contribution < -0.4 is 5.73 Å². The van der Waals surface area contributed by atoms with Gasteiger partial charge >= 0.3 is 0 Å². The molecule has 5 nitrogen and oxygen atoms in total. The van der Waals surface area contributed by atoms with Gasteiger partial charge in [-0.3, -0.25) is 4.90 Å². The topological polar surface area (TPSA) is 78.8 Å². The zero-order valence-electron chi connectivity index (χ0n) is 16.5. The largest absolute Gasteiger partial charge is 0.383 e. The SMILES string of the molecule is N#Cc1cccc(-c2nc(N)c3cc(CN4CCCC4c4ccccc4)sc3n2)c1. The summed E-state index contributed by atoms with van der Waals surface area (Å²) >= 11 is 1.68. The predicted molar refractivity (Wildman–Crippen MR) is 121 cm³/mol. The van der Waals surface area contributed by atoms with Gasteiger partial charge in [0.05, 0.1) is 17.0 Å². The molecule has 0 bridgehead atoms. The van der Waals surface area contributed by atoms with E-state index in [4.69, 9.17) is 16.0 Å². The van der Waals surface area contributed by atoms with Crippen molar-refractivity contribution in [2.24, 2.45) is 0 Å². The molecule has 1 unspecified atom stereocenters. The summed E-state index contributed by atoms with van der Waals surface area (Å²) in [6.45, 7) is 1.99. The smallest absolute Gasteiger partial charge is 0.163 e. The van der Waals surface area contributed by atoms with Crippen LogP contribution >= 0.6 is 11.3 Å². The molecule has 0 aliphatic carbocycles. The summed E-state index contributed by atoms with van der Waals surface area (Å²) in [6.07, 6.45) is 2.40. The molecule has 0 spiro atoms. The third-order valence-corrected chi connectivity index (χ3v) is 6.64. The molecule has 0 amide bonds. The third-order valence-electron chi connectivity index (χ3n) is 5.63. The predicted octanol–water partition coefficient (Wildman–Crippen LogP) is 5.15. The zero-order chi connectivity index (χ0) is 20.5. The number of anilines is 1. The molecular formula is C24H21N5S. The molecule has 0 saturated carbocycles. The molecule has 1 aliphatic rings. The Morgan fingerprint density at radius 2 is 1.97 bits per heavy atom. The van der Waals surface area contributed by atoms with Crippen LogP contribution in [0.3, 0.4) is 0 Å². The van der Waals surface area contributed by atoms with Gasteiger partial charge in [0.15, 0.2) is 5.82 Å². The van der Waals surface area contributed by atoms with Gasteiger partial charge in [-0.15, -0.1) is 11.3 Å². The van der Waals surface area contributed by atoms with Crippen molar-refractivity contribution in [3.05, 3.63) is 76.7 Å². The molecule has 1 aliphatic heterocycles. The van der Waals surface area contributed by atoms with Crippen LogP contribution in [0.4, 0.5) is 5.82 Å². The van der Waals surface area contributed by atoms with Gasteiger partial charge in [-0.05, 0) is 43.1 Å².